The molecule has 0 unspecified atom stereocenters. The van der Waals surface area contributed by atoms with Gasteiger partial charge in [-0.1, -0.05) is 27.7 Å². The summed E-state index contributed by atoms with van der Waals surface area (Å²) in [6.07, 6.45) is 0.234. The molecular weight excluding hydrogens is 418 g/mol. The first-order valence-corrected chi connectivity index (χ1v) is 10.3. The van der Waals surface area contributed by atoms with Crippen LogP contribution < -0.4 is 27.0 Å². The molecule has 0 aliphatic heterocycles. The van der Waals surface area contributed by atoms with E-state index in [4.69, 9.17) is 5.73 Å². The summed E-state index contributed by atoms with van der Waals surface area (Å²) in [4.78, 5) is 48.9. The van der Waals surface area contributed by atoms with Crippen molar-refractivity contribution in [2.75, 3.05) is 17.7 Å². The molecule has 0 heterocycles. The highest BCUT2D eigenvalue weighted by Gasteiger charge is 2.31. The van der Waals surface area contributed by atoms with Gasteiger partial charge in [-0.2, -0.15) is 0 Å². The van der Waals surface area contributed by atoms with E-state index >= 15 is 0 Å². The summed E-state index contributed by atoms with van der Waals surface area (Å²) >= 11 is 0. The summed E-state index contributed by atoms with van der Waals surface area (Å²) in [5, 5.41) is 28.7. The van der Waals surface area contributed by atoms with Crippen molar-refractivity contribution < 1.29 is 29.4 Å². The lowest BCUT2D eigenvalue weighted by Crippen LogP contribution is -2.57. The summed E-state index contributed by atoms with van der Waals surface area (Å²) in [7, 11) is 0. The third-order valence-electron chi connectivity index (χ3n) is 4.54. The molecule has 0 saturated carbocycles. The molecule has 8 N–H and O–H groups in total. The molecule has 1 aromatic carbocycles. The zero-order valence-corrected chi connectivity index (χ0v) is 18.7. The van der Waals surface area contributed by atoms with Crippen LogP contribution in [-0.4, -0.2) is 58.8 Å². The number of anilines is 2. The number of carboxylic acids is 1. The summed E-state index contributed by atoms with van der Waals surface area (Å²) in [6.45, 7) is 6.28. The number of nitrogen functional groups attached to an aromatic ring is 1. The number of carbonyl (C=O) groups is 4. The molecule has 32 heavy (non-hydrogen) atoms. The van der Waals surface area contributed by atoms with Crippen molar-refractivity contribution in [2.24, 2.45) is 11.8 Å². The normalized spacial score (nSPS) is 13.7. The number of benzene rings is 1. The lowest BCUT2D eigenvalue weighted by atomic mass is 10.00. The van der Waals surface area contributed by atoms with Crippen LogP contribution in [0.15, 0.2) is 24.3 Å². The maximum Gasteiger partial charge on any atom is 0.326 e. The third-order valence-corrected chi connectivity index (χ3v) is 4.54. The molecule has 0 bridgehead atoms. The number of carboxylic acid groups (broad SMARTS) is 1. The summed E-state index contributed by atoms with van der Waals surface area (Å²) in [6, 6.07) is 2.08. The Kier molecular flexibility index (Phi) is 10.4. The number of carbonyl (C=O) groups excluding carboxylic acids is 3. The number of hydrogen-bond acceptors (Lipinski definition) is 6. The van der Waals surface area contributed by atoms with E-state index in [1.165, 1.54) is 0 Å². The molecule has 1 rings (SSSR count). The Labute approximate surface area is 187 Å². The van der Waals surface area contributed by atoms with Crippen LogP contribution in [0.3, 0.4) is 0 Å². The number of urea groups is 1. The number of aliphatic hydroxyl groups excluding tert-OH is 1. The van der Waals surface area contributed by atoms with Crippen LogP contribution in [0.25, 0.3) is 0 Å². The first kappa shape index (κ1) is 26.7. The van der Waals surface area contributed by atoms with Crippen molar-refractivity contribution in [1.29, 1.82) is 0 Å². The summed E-state index contributed by atoms with van der Waals surface area (Å²) in [5.41, 5.74) is 6.53. The van der Waals surface area contributed by atoms with Gasteiger partial charge in [-0.25, -0.2) is 9.59 Å². The van der Waals surface area contributed by atoms with Crippen molar-refractivity contribution in [1.82, 2.24) is 16.0 Å². The van der Waals surface area contributed by atoms with Gasteiger partial charge in [-0.3, -0.25) is 9.59 Å². The molecular formula is C21H33N5O6. The number of nitrogens with two attached hydrogens (primary N) is 1. The number of amides is 4. The first-order chi connectivity index (χ1) is 14.9. The second-order valence-corrected chi connectivity index (χ2v) is 8.21. The summed E-state index contributed by atoms with van der Waals surface area (Å²) < 4.78 is 0. The summed E-state index contributed by atoms with van der Waals surface area (Å²) in [5.74, 6) is -2.98. The second-order valence-electron chi connectivity index (χ2n) is 8.21. The number of aliphatic carboxylic acids is 1. The van der Waals surface area contributed by atoms with Crippen LogP contribution >= 0.6 is 0 Å². The molecule has 0 spiro atoms. The molecule has 1 aromatic rings. The molecule has 4 amide bonds. The van der Waals surface area contributed by atoms with Gasteiger partial charge in [0.2, 0.25) is 11.8 Å². The Morgan fingerprint density at radius 1 is 0.906 bits per heavy atom. The fraction of sp³-hybridized carbons (Fsp3) is 0.524. The minimum atomic E-state index is -1.33. The van der Waals surface area contributed by atoms with E-state index in [1.807, 2.05) is 13.8 Å². The maximum absolute atomic E-state index is 12.7. The second kappa shape index (κ2) is 12.5. The molecule has 0 saturated heterocycles. The van der Waals surface area contributed by atoms with E-state index in [-0.39, 0.29) is 18.3 Å². The Balaban J connectivity index is 2.82. The largest absolute Gasteiger partial charge is 0.480 e. The van der Waals surface area contributed by atoms with Crippen molar-refractivity contribution >= 4 is 35.2 Å². The predicted molar refractivity (Wildman–Crippen MR) is 120 cm³/mol. The van der Waals surface area contributed by atoms with Gasteiger partial charge < -0.3 is 37.2 Å². The van der Waals surface area contributed by atoms with Crippen LogP contribution in [0.4, 0.5) is 16.2 Å². The molecule has 3 atom stereocenters. The Morgan fingerprint density at radius 3 is 1.94 bits per heavy atom. The SMILES string of the molecule is CC(C)C[C@H](NC(=O)[C@H](CO)NC(=O)Nc1ccc(N)cc1)C(=O)N[C@H](C(=O)O)C(C)C. The van der Waals surface area contributed by atoms with Gasteiger partial charge in [0.15, 0.2) is 0 Å². The number of hydrogen-bond donors (Lipinski definition) is 7. The lowest BCUT2D eigenvalue weighted by molar-refractivity contribution is -0.143. The van der Waals surface area contributed by atoms with Gasteiger partial charge in [0.05, 0.1) is 6.61 Å². The highest BCUT2D eigenvalue weighted by molar-refractivity contribution is 5.96. The minimum Gasteiger partial charge on any atom is -0.480 e. The zero-order valence-electron chi connectivity index (χ0n) is 18.7. The molecule has 178 valence electrons. The average molecular weight is 452 g/mol. The third kappa shape index (κ3) is 8.80. The molecule has 11 heteroatoms. The topological polar surface area (TPSA) is 183 Å². The van der Waals surface area contributed by atoms with E-state index < -0.39 is 48.5 Å². The average Bonchev–Trinajstić information content (AvgIpc) is 2.70. The van der Waals surface area contributed by atoms with Gasteiger partial charge >= 0.3 is 12.0 Å². The van der Waals surface area contributed by atoms with Gasteiger partial charge in [-0.15, -0.1) is 0 Å². The van der Waals surface area contributed by atoms with E-state index in [1.54, 1.807) is 38.1 Å². The zero-order chi connectivity index (χ0) is 24.4. The van der Waals surface area contributed by atoms with E-state index in [0.29, 0.717) is 11.4 Å². The van der Waals surface area contributed by atoms with E-state index in [2.05, 4.69) is 21.3 Å². The van der Waals surface area contributed by atoms with Crippen LogP contribution in [0.1, 0.15) is 34.1 Å². The van der Waals surface area contributed by atoms with Crippen molar-refractivity contribution in [3.8, 4) is 0 Å². The maximum atomic E-state index is 12.7. The van der Waals surface area contributed by atoms with Gasteiger partial charge in [0.1, 0.15) is 18.1 Å². The van der Waals surface area contributed by atoms with Crippen molar-refractivity contribution in [3.05, 3.63) is 24.3 Å². The van der Waals surface area contributed by atoms with Gasteiger partial charge in [0, 0.05) is 11.4 Å². The van der Waals surface area contributed by atoms with Crippen LogP contribution in [0, 0.1) is 11.8 Å². The standard InChI is InChI=1S/C21H33N5O6/c1-11(2)9-15(18(28)26-17(12(3)4)20(30)31)24-19(29)16(10-27)25-21(32)23-14-7-5-13(22)6-8-14/h5-8,11-12,15-17,27H,9-10,22H2,1-4H3,(H,24,29)(H,26,28)(H,30,31)(H2,23,25,32)/t15-,16-,17-/m0/s1. The fourth-order valence-corrected chi connectivity index (χ4v) is 2.83. The Bertz CT molecular complexity index is 796. The van der Waals surface area contributed by atoms with Crippen LogP contribution in [0.2, 0.25) is 0 Å². The predicted octanol–water partition coefficient (Wildman–Crippen LogP) is 0.508. The number of aliphatic hydroxyl groups is 1. The molecule has 0 aromatic heterocycles. The molecule has 0 aliphatic carbocycles. The van der Waals surface area contributed by atoms with Crippen molar-refractivity contribution in [2.45, 2.75) is 52.2 Å². The Morgan fingerprint density at radius 2 is 1.47 bits per heavy atom. The minimum absolute atomic E-state index is 0.00253. The van der Waals surface area contributed by atoms with Gasteiger partial charge in [-0.05, 0) is 42.5 Å². The van der Waals surface area contributed by atoms with Crippen LogP contribution in [-0.2, 0) is 14.4 Å². The van der Waals surface area contributed by atoms with Crippen LogP contribution in [0.5, 0.6) is 0 Å². The Hall–Kier alpha value is -3.34. The molecule has 11 nitrogen and oxygen atoms in total. The van der Waals surface area contributed by atoms with Gasteiger partial charge in [0.25, 0.3) is 0 Å². The van der Waals surface area contributed by atoms with E-state index in [9.17, 15) is 29.4 Å². The van der Waals surface area contributed by atoms with E-state index in [0.717, 1.165) is 0 Å². The first-order valence-electron chi connectivity index (χ1n) is 10.3. The van der Waals surface area contributed by atoms with Crippen molar-refractivity contribution in [3.63, 3.8) is 0 Å². The monoisotopic (exact) mass is 451 g/mol. The fourth-order valence-electron chi connectivity index (χ4n) is 2.83. The number of nitrogens with one attached hydrogen (secondary N) is 4. The number of rotatable bonds is 11. The molecule has 0 radical (unpaired) electrons. The molecule has 0 fully saturated rings. The smallest absolute Gasteiger partial charge is 0.326 e. The highest BCUT2D eigenvalue weighted by atomic mass is 16.4. The molecule has 0 aliphatic rings. The highest BCUT2D eigenvalue weighted by Crippen LogP contribution is 2.11. The quantitative estimate of drug-likeness (QED) is 0.239. The lowest BCUT2D eigenvalue weighted by Gasteiger charge is -2.26.